The zero-order valence-corrected chi connectivity index (χ0v) is 11.2. The van der Waals surface area contributed by atoms with Crippen LogP contribution in [-0.2, 0) is 4.74 Å². The van der Waals surface area contributed by atoms with E-state index < -0.39 is 0 Å². The van der Waals surface area contributed by atoms with Crippen molar-refractivity contribution in [2.24, 2.45) is 5.92 Å². The molecule has 100 valence electrons. The summed E-state index contributed by atoms with van der Waals surface area (Å²) in [5, 5.41) is 5.99. The SMILES string of the molecule is CCNc1ccnc(C(=O)NCC(C)COC)c1. The Morgan fingerprint density at radius 2 is 2.33 bits per heavy atom. The molecule has 1 heterocycles. The zero-order chi connectivity index (χ0) is 13.4. The number of methoxy groups -OCH3 is 1. The number of ether oxygens (including phenoxy) is 1. The number of aromatic nitrogens is 1. The van der Waals surface area contributed by atoms with Gasteiger partial charge in [-0.25, -0.2) is 0 Å². The van der Waals surface area contributed by atoms with Gasteiger partial charge in [0, 0.05) is 32.1 Å². The molecule has 0 aliphatic heterocycles. The third-order valence-electron chi connectivity index (χ3n) is 2.44. The molecule has 2 N–H and O–H groups in total. The summed E-state index contributed by atoms with van der Waals surface area (Å²) in [7, 11) is 1.65. The minimum Gasteiger partial charge on any atom is -0.385 e. The molecule has 0 bridgehead atoms. The molecule has 0 aliphatic rings. The van der Waals surface area contributed by atoms with Crippen LogP contribution in [0.4, 0.5) is 5.69 Å². The van der Waals surface area contributed by atoms with Crippen molar-refractivity contribution in [3.8, 4) is 0 Å². The number of pyridine rings is 1. The summed E-state index contributed by atoms with van der Waals surface area (Å²) in [4.78, 5) is 15.9. The predicted octanol–water partition coefficient (Wildman–Crippen LogP) is 1.53. The maximum Gasteiger partial charge on any atom is 0.269 e. The first kappa shape index (κ1) is 14.4. The van der Waals surface area contributed by atoms with Gasteiger partial charge in [0.25, 0.3) is 5.91 Å². The second-order valence-corrected chi connectivity index (χ2v) is 4.23. The highest BCUT2D eigenvalue weighted by molar-refractivity contribution is 5.93. The van der Waals surface area contributed by atoms with Crippen molar-refractivity contribution in [3.05, 3.63) is 24.0 Å². The molecular weight excluding hydrogens is 230 g/mol. The van der Waals surface area contributed by atoms with Crippen molar-refractivity contribution >= 4 is 11.6 Å². The van der Waals surface area contributed by atoms with Crippen molar-refractivity contribution in [2.75, 3.05) is 32.1 Å². The summed E-state index contributed by atoms with van der Waals surface area (Å²) in [6.45, 7) is 6.06. The van der Waals surface area contributed by atoms with E-state index in [0.29, 0.717) is 18.8 Å². The number of carbonyl (C=O) groups excluding carboxylic acids is 1. The van der Waals surface area contributed by atoms with E-state index in [1.54, 1.807) is 19.4 Å². The summed E-state index contributed by atoms with van der Waals surface area (Å²) in [5.41, 5.74) is 1.33. The third-order valence-corrected chi connectivity index (χ3v) is 2.44. The highest BCUT2D eigenvalue weighted by Gasteiger charge is 2.09. The number of nitrogens with one attached hydrogen (secondary N) is 2. The van der Waals surface area contributed by atoms with E-state index in [2.05, 4.69) is 15.6 Å². The molecule has 0 spiro atoms. The fourth-order valence-corrected chi connectivity index (χ4v) is 1.57. The van der Waals surface area contributed by atoms with Crippen LogP contribution in [0.1, 0.15) is 24.3 Å². The smallest absolute Gasteiger partial charge is 0.269 e. The zero-order valence-electron chi connectivity index (χ0n) is 11.2. The van der Waals surface area contributed by atoms with Gasteiger partial charge in [-0.15, -0.1) is 0 Å². The molecule has 1 atom stereocenters. The quantitative estimate of drug-likeness (QED) is 0.771. The lowest BCUT2D eigenvalue weighted by Crippen LogP contribution is -2.30. The summed E-state index contributed by atoms with van der Waals surface area (Å²) < 4.78 is 5.02. The van der Waals surface area contributed by atoms with Gasteiger partial charge in [0.05, 0.1) is 6.61 Å². The molecular formula is C13H21N3O2. The average molecular weight is 251 g/mol. The molecule has 0 saturated heterocycles. The van der Waals surface area contributed by atoms with Crippen LogP contribution in [-0.4, -0.2) is 37.7 Å². The molecule has 0 saturated carbocycles. The van der Waals surface area contributed by atoms with Gasteiger partial charge in [-0.2, -0.15) is 0 Å². The van der Waals surface area contributed by atoms with Crippen molar-refractivity contribution in [3.63, 3.8) is 0 Å². The molecule has 5 heteroatoms. The van der Waals surface area contributed by atoms with Crippen LogP contribution >= 0.6 is 0 Å². The second-order valence-electron chi connectivity index (χ2n) is 4.23. The Morgan fingerprint density at radius 1 is 1.56 bits per heavy atom. The molecule has 18 heavy (non-hydrogen) atoms. The van der Waals surface area contributed by atoms with E-state index in [9.17, 15) is 4.79 Å². The van der Waals surface area contributed by atoms with E-state index >= 15 is 0 Å². The Kier molecular flexibility index (Phi) is 6.14. The van der Waals surface area contributed by atoms with Gasteiger partial charge in [0.2, 0.25) is 0 Å². The molecule has 0 aromatic carbocycles. The van der Waals surface area contributed by atoms with Gasteiger partial charge in [0.1, 0.15) is 5.69 Å². The highest BCUT2D eigenvalue weighted by atomic mass is 16.5. The van der Waals surface area contributed by atoms with Crippen LogP contribution in [0.25, 0.3) is 0 Å². The Labute approximate surface area is 108 Å². The molecule has 1 rings (SSSR count). The lowest BCUT2D eigenvalue weighted by atomic mass is 10.2. The van der Waals surface area contributed by atoms with Crippen LogP contribution < -0.4 is 10.6 Å². The number of hydrogen-bond donors (Lipinski definition) is 2. The number of carbonyl (C=O) groups is 1. The van der Waals surface area contributed by atoms with Gasteiger partial charge in [-0.3, -0.25) is 9.78 Å². The first-order valence-electron chi connectivity index (χ1n) is 6.14. The Morgan fingerprint density at radius 3 is 3.00 bits per heavy atom. The van der Waals surface area contributed by atoms with Crippen molar-refractivity contribution in [1.82, 2.24) is 10.3 Å². The Bertz CT molecular complexity index is 382. The second kappa shape index (κ2) is 7.66. The van der Waals surface area contributed by atoms with Crippen LogP contribution in [0.5, 0.6) is 0 Å². The number of amides is 1. The summed E-state index contributed by atoms with van der Waals surface area (Å²) >= 11 is 0. The van der Waals surface area contributed by atoms with E-state index in [4.69, 9.17) is 4.74 Å². The monoisotopic (exact) mass is 251 g/mol. The number of anilines is 1. The van der Waals surface area contributed by atoms with E-state index in [-0.39, 0.29) is 11.8 Å². The standard InChI is InChI=1S/C13H21N3O2/c1-4-14-11-5-6-15-12(7-11)13(17)16-8-10(2)9-18-3/h5-7,10H,4,8-9H2,1-3H3,(H,14,15)(H,16,17). The first-order chi connectivity index (χ1) is 8.67. The van der Waals surface area contributed by atoms with Gasteiger partial charge < -0.3 is 15.4 Å². The lowest BCUT2D eigenvalue weighted by molar-refractivity contribution is 0.0929. The van der Waals surface area contributed by atoms with Crippen LogP contribution in [0.2, 0.25) is 0 Å². The topological polar surface area (TPSA) is 63.2 Å². The largest absolute Gasteiger partial charge is 0.385 e. The third kappa shape index (κ3) is 4.71. The van der Waals surface area contributed by atoms with E-state index in [0.717, 1.165) is 12.2 Å². The van der Waals surface area contributed by atoms with Gasteiger partial charge in [-0.1, -0.05) is 6.92 Å². The molecule has 5 nitrogen and oxygen atoms in total. The number of rotatable bonds is 7. The van der Waals surface area contributed by atoms with Crippen molar-refractivity contribution in [2.45, 2.75) is 13.8 Å². The highest BCUT2D eigenvalue weighted by Crippen LogP contribution is 2.07. The molecule has 0 radical (unpaired) electrons. The Balaban J connectivity index is 2.53. The summed E-state index contributed by atoms with van der Waals surface area (Å²) in [6.07, 6.45) is 1.63. The fourth-order valence-electron chi connectivity index (χ4n) is 1.57. The molecule has 1 unspecified atom stereocenters. The van der Waals surface area contributed by atoms with E-state index in [1.165, 1.54) is 0 Å². The molecule has 0 fully saturated rings. The van der Waals surface area contributed by atoms with Crippen LogP contribution in [0, 0.1) is 5.92 Å². The molecule has 1 aromatic heterocycles. The van der Waals surface area contributed by atoms with Gasteiger partial charge in [0.15, 0.2) is 0 Å². The normalized spacial score (nSPS) is 11.9. The summed E-state index contributed by atoms with van der Waals surface area (Å²) in [6, 6.07) is 3.59. The average Bonchev–Trinajstić information content (AvgIpc) is 2.37. The maximum absolute atomic E-state index is 11.9. The minimum absolute atomic E-state index is 0.155. The van der Waals surface area contributed by atoms with Gasteiger partial charge >= 0.3 is 0 Å². The first-order valence-corrected chi connectivity index (χ1v) is 6.14. The fraction of sp³-hybridized carbons (Fsp3) is 0.538. The van der Waals surface area contributed by atoms with E-state index in [1.807, 2.05) is 19.9 Å². The number of nitrogens with zero attached hydrogens (tertiary/aromatic N) is 1. The van der Waals surface area contributed by atoms with Crippen molar-refractivity contribution in [1.29, 1.82) is 0 Å². The summed E-state index contributed by atoms with van der Waals surface area (Å²) in [5.74, 6) is 0.133. The van der Waals surface area contributed by atoms with Crippen LogP contribution in [0.15, 0.2) is 18.3 Å². The van der Waals surface area contributed by atoms with Crippen molar-refractivity contribution < 1.29 is 9.53 Å². The minimum atomic E-state index is -0.155. The van der Waals surface area contributed by atoms with Gasteiger partial charge in [-0.05, 0) is 25.0 Å². The predicted molar refractivity (Wildman–Crippen MR) is 71.8 cm³/mol. The van der Waals surface area contributed by atoms with Crippen LogP contribution in [0.3, 0.4) is 0 Å². The molecule has 0 aliphatic carbocycles. The molecule has 1 amide bonds. The molecule has 1 aromatic rings. The number of hydrogen-bond acceptors (Lipinski definition) is 4. The Hall–Kier alpha value is -1.62. The lowest BCUT2D eigenvalue weighted by Gasteiger charge is -2.11. The maximum atomic E-state index is 11.9.